The summed E-state index contributed by atoms with van der Waals surface area (Å²) in [6.07, 6.45) is 2.63. The molecule has 1 amide bonds. The van der Waals surface area contributed by atoms with Crippen LogP contribution in [0.2, 0.25) is 0 Å². The van der Waals surface area contributed by atoms with Gasteiger partial charge in [-0.2, -0.15) is 4.31 Å². The number of piperidine rings is 1. The molecule has 0 unspecified atom stereocenters. The zero-order chi connectivity index (χ0) is 21.3. The van der Waals surface area contributed by atoms with Crippen molar-refractivity contribution in [2.24, 2.45) is 0 Å². The number of aromatic nitrogens is 1. The van der Waals surface area contributed by atoms with Crippen molar-refractivity contribution in [2.45, 2.75) is 30.7 Å². The standard InChI is InChI=1S/C20H20FN3O5S/c21-14-4-6-15(7-5-14)22-19(25)13-24-17-9-8-16(12-18(17)29-20(24)26)30(27,28)23-10-2-1-3-11-23/h4-9,12H,1-3,10-11,13H2,(H,22,25). The number of carbonyl (C=O) groups excluding carboxylic acids is 1. The van der Waals surface area contributed by atoms with Crippen molar-refractivity contribution >= 4 is 32.7 Å². The van der Waals surface area contributed by atoms with Crippen LogP contribution in [0.4, 0.5) is 10.1 Å². The third-order valence-electron chi connectivity index (χ3n) is 5.02. The van der Waals surface area contributed by atoms with Crippen LogP contribution in [-0.4, -0.2) is 36.3 Å². The number of rotatable bonds is 5. The Hall–Kier alpha value is -2.98. The van der Waals surface area contributed by atoms with E-state index in [1.807, 2.05) is 0 Å². The van der Waals surface area contributed by atoms with Crippen LogP contribution >= 0.6 is 0 Å². The second kappa shape index (κ2) is 8.04. The molecule has 0 radical (unpaired) electrons. The highest BCUT2D eigenvalue weighted by molar-refractivity contribution is 7.89. The number of halogens is 1. The molecule has 158 valence electrons. The van der Waals surface area contributed by atoms with Crippen LogP contribution in [0.5, 0.6) is 0 Å². The number of hydrogen-bond acceptors (Lipinski definition) is 5. The van der Waals surface area contributed by atoms with Gasteiger partial charge < -0.3 is 9.73 Å². The zero-order valence-corrected chi connectivity index (χ0v) is 16.8. The molecule has 3 aromatic rings. The molecule has 0 spiro atoms. The van der Waals surface area contributed by atoms with Crippen LogP contribution in [-0.2, 0) is 21.4 Å². The summed E-state index contributed by atoms with van der Waals surface area (Å²) in [5, 5.41) is 2.57. The highest BCUT2D eigenvalue weighted by Crippen LogP contribution is 2.24. The minimum atomic E-state index is -3.67. The molecular weight excluding hydrogens is 413 g/mol. The first kappa shape index (κ1) is 20.3. The van der Waals surface area contributed by atoms with Crippen molar-refractivity contribution in [3.63, 3.8) is 0 Å². The quantitative estimate of drug-likeness (QED) is 0.666. The van der Waals surface area contributed by atoms with E-state index >= 15 is 0 Å². The van der Waals surface area contributed by atoms with E-state index in [1.165, 1.54) is 46.8 Å². The Labute approximate surface area is 172 Å². The molecule has 1 aliphatic heterocycles. The number of nitrogens with zero attached hydrogens (tertiary/aromatic N) is 2. The number of anilines is 1. The minimum absolute atomic E-state index is 0.0496. The van der Waals surface area contributed by atoms with Crippen LogP contribution in [0, 0.1) is 5.82 Å². The molecule has 0 aliphatic carbocycles. The van der Waals surface area contributed by atoms with Crippen molar-refractivity contribution in [1.82, 2.24) is 8.87 Å². The number of benzene rings is 2. The van der Waals surface area contributed by atoms with Gasteiger partial charge in [-0.3, -0.25) is 9.36 Å². The van der Waals surface area contributed by atoms with Gasteiger partial charge in [0.05, 0.1) is 10.4 Å². The maximum absolute atomic E-state index is 13.0. The molecule has 1 saturated heterocycles. The van der Waals surface area contributed by atoms with Crippen molar-refractivity contribution in [1.29, 1.82) is 0 Å². The number of nitrogens with one attached hydrogen (secondary N) is 1. The summed E-state index contributed by atoms with van der Waals surface area (Å²) in [5.74, 6) is -1.71. The SMILES string of the molecule is O=C(Cn1c(=O)oc2cc(S(=O)(=O)N3CCCCC3)ccc21)Nc1ccc(F)cc1. The van der Waals surface area contributed by atoms with Gasteiger partial charge in [-0.25, -0.2) is 17.6 Å². The van der Waals surface area contributed by atoms with Gasteiger partial charge in [-0.1, -0.05) is 6.42 Å². The van der Waals surface area contributed by atoms with Gasteiger partial charge in [0, 0.05) is 24.8 Å². The molecule has 0 saturated carbocycles. The fourth-order valence-corrected chi connectivity index (χ4v) is 5.02. The van der Waals surface area contributed by atoms with Crippen LogP contribution in [0.25, 0.3) is 11.1 Å². The van der Waals surface area contributed by atoms with E-state index in [2.05, 4.69) is 5.32 Å². The highest BCUT2D eigenvalue weighted by atomic mass is 32.2. The molecule has 0 atom stereocenters. The lowest BCUT2D eigenvalue weighted by Gasteiger charge is -2.25. The molecule has 10 heteroatoms. The summed E-state index contributed by atoms with van der Waals surface area (Å²) in [6.45, 7) is 0.602. The van der Waals surface area contributed by atoms with Crippen molar-refractivity contribution in [2.75, 3.05) is 18.4 Å². The van der Waals surface area contributed by atoms with Gasteiger partial charge in [0.1, 0.15) is 12.4 Å². The third kappa shape index (κ3) is 4.01. The molecule has 2 heterocycles. The molecule has 2 aromatic carbocycles. The molecule has 0 bridgehead atoms. The van der Waals surface area contributed by atoms with Gasteiger partial charge in [-0.15, -0.1) is 0 Å². The van der Waals surface area contributed by atoms with Crippen LogP contribution in [0.15, 0.2) is 56.6 Å². The number of hydrogen-bond donors (Lipinski definition) is 1. The fourth-order valence-electron chi connectivity index (χ4n) is 3.49. The molecule has 1 fully saturated rings. The largest absolute Gasteiger partial charge is 0.420 e. The highest BCUT2D eigenvalue weighted by Gasteiger charge is 2.27. The Morgan fingerprint density at radius 3 is 2.47 bits per heavy atom. The topological polar surface area (TPSA) is 102 Å². The zero-order valence-electron chi connectivity index (χ0n) is 16.0. The molecule has 1 N–H and O–H groups in total. The van der Waals surface area contributed by atoms with Gasteiger partial charge in [-0.05, 0) is 49.2 Å². The number of carbonyl (C=O) groups is 1. The summed E-state index contributed by atoms with van der Waals surface area (Å²) >= 11 is 0. The molecule has 4 rings (SSSR count). The normalized spacial score (nSPS) is 15.4. The molecular formula is C20H20FN3O5S. The summed E-state index contributed by atoms with van der Waals surface area (Å²) < 4.78 is 46.4. The smallest absolute Gasteiger partial charge is 0.408 e. The first-order chi connectivity index (χ1) is 14.3. The van der Waals surface area contributed by atoms with E-state index in [9.17, 15) is 22.4 Å². The third-order valence-corrected chi connectivity index (χ3v) is 6.92. The Morgan fingerprint density at radius 1 is 1.07 bits per heavy atom. The van der Waals surface area contributed by atoms with Crippen LogP contribution in [0.1, 0.15) is 19.3 Å². The first-order valence-corrected chi connectivity index (χ1v) is 11.0. The Morgan fingerprint density at radius 2 is 1.77 bits per heavy atom. The lowest BCUT2D eigenvalue weighted by Crippen LogP contribution is -2.35. The van der Waals surface area contributed by atoms with E-state index in [1.54, 1.807) is 0 Å². The average Bonchev–Trinajstić information content (AvgIpc) is 3.04. The van der Waals surface area contributed by atoms with Crippen LogP contribution in [0.3, 0.4) is 0 Å². The average molecular weight is 433 g/mol. The lowest BCUT2D eigenvalue weighted by molar-refractivity contribution is -0.116. The Balaban J connectivity index is 1.58. The predicted octanol–water partition coefficient (Wildman–Crippen LogP) is 2.55. The van der Waals surface area contributed by atoms with Gasteiger partial charge in [0.15, 0.2) is 5.58 Å². The second-order valence-electron chi connectivity index (χ2n) is 7.10. The van der Waals surface area contributed by atoms with Crippen molar-refractivity contribution in [3.8, 4) is 0 Å². The molecule has 8 nitrogen and oxygen atoms in total. The molecule has 1 aliphatic rings. The molecule has 1 aromatic heterocycles. The van der Waals surface area contributed by atoms with E-state index < -0.39 is 27.5 Å². The number of sulfonamides is 1. The maximum Gasteiger partial charge on any atom is 0.420 e. The number of oxazole rings is 1. The predicted molar refractivity (Wildman–Crippen MR) is 108 cm³/mol. The van der Waals surface area contributed by atoms with E-state index in [4.69, 9.17) is 4.42 Å². The Kier molecular flexibility index (Phi) is 5.44. The fraction of sp³-hybridized carbons (Fsp3) is 0.300. The lowest BCUT2D eigenvalue weighted by atomic mass is 10.2. The summed E-state index contributed by atoms with van der Waals surface area (Å²) in [4.78, 5) is 24.6. The second-order valence-corrected chi connectivity index (χ2v) is 9.04. The van der Waals surface area contributed by atoms with Crippen LogP contribution < -0.4 is 11.1 Å². The summed E-state index contributed by atoms with van der Waals surface area (Å²) in [5.41, 5.74) is 0.789. The number of fused-ring (bicyclic) bond motifs is 1. The summed E-state index contributed by atoms with van der Waals surface area (Å²) in [7, 11) is -3.67. The van der Waals surface area contributed by atoms with Crippen molar-refractivity contribution in [3.05, 3.63) is 58.8 Å². The summed E-state index contributed by atoms with van der Waals surface area (Å²) in [6, 6.07) is 9.41. The van der Waals surface area contributed by atoms with E-state index in [0.29, 0.717) is 24.3 Å². The monoisotopic (exact) mass is 433 g/mol. The van der Waals surface area contributed by atoms with Crippen molar-refractivity contribution < 1.29 is 22.0 Å². The number of amides is 1. The van der Waals surface area contributed by atoms with Gasteiger partial charge >= 0.3 is 5.76 Å². The first-order valence-electron chi connectivity index (χ1n) is 9.53. The van der Waals surface area contributed by atoms with Gasteiger partial charge in [0.2, 0.25) is 15.9 Å². The van der Waals surface area contributed by atoms with Gasteiger partial charge in [0.25, 0.3) is 0 Å². The Bertz CT molecular complexity index is 1240. The molecule has 30 heavy (non-hydrogen) atoms. The van der Waals surface area contributed by atoms with E-state index in [-0.39, 0.29) is 17.0 Å². The maximum atomic E-state index is 13.0. The minimum Gasteiger partial charge on any atom is -0.408 e. The van der Waals surface area contributed by atoms with E-state index in [0.717, 1.165) is 23.8 Å².